The third-order valence-corrected chi connectivity index (χ3v) is 7.59. The van der Waals surface area contributed by atoms with Crippen LogP contribution in [0.2, 0.25) is 0 Å². The summed E-state index contributed by atoms with van der Waals surface area (Å²) in [6, 6.07) is 5.72. The minimum Gasteiger partial charge on any atom is -0.481 e. The van der Waals surface area contributed by atoms with E-state index in [4.69, 9.17) is 10.6 Å². The number of carbonyl (C=O) groups excluding carboxylic acids is 4. The molecule has 12 heteroatoms. The molecule has 3 rings (SSSR count). The topological polar surface area (TPSA) is 171 Å². The molecule has 2 heterocycles. The number of nitrogens with one attached hydrogen (secondary N) is 2. The van der Waals surface area contributed by atoms with Crippen LogP contribution in [-0.2, 0) is 19.1 Å². The van der Waals surface area contributed by atoms with Gasteiger partial charge in [-0.05, 0) is 81.3 Å². The van der Waals surface area contributed by atoms with Gasteiger partial charge in [-0.3, -0.25) is 29.5 Å². The van der Waals surface area contributed by atoms with Crippen LogP contribution in [0.15, 0.2) is 24.3 Å². The van der Waals surface area contributed by atoms with Gasteiger partial charge in [-0.1, -0.05) is 13.8 Å². The lowest BCUT2D eigenvalue weighted by Gasteiger charge is -2.34. The predicted molar refractivity (Wildman–Crippen MR) is 152 cm³/mol. The lowest BCUT2D eigenvalue weighted by molar-refractivity contribution is -0.144. The maximum atomic E-state index is 13.1. The summed E-state index contributed by atoms with van der Waals surface area (Å²) < 4.78 is 5.06. The Hall–Kier alpha value is -3.51. The Labute approximate surface area is 240 Å². The van der Waals surface area contributed by atoms with Gasteiger partial charge in [0.05, 0.1) is 19.1 Å². The number of benzene rings is 1. The quantitative estimate of drug-likeness (QED) is 0.0964. The van der Waals surface area contributed by atoms with Crippen LogP contribution in [0.3, 0.4) is 0 Å². The highest BCUT2D eigenvalue weighted by Crippen LogP contribution is 2.23. The lowest BCUT2D eigenvalue weighted by Crippen LogP contribution is -2.51. The fourth-order valence-corrected chi connectivity index (χ4v) is 5.17. The third-order valence-electron chi connectivity index (χ3n) is 7.59. The van der Waals surface area contributed by atoms with E-state index in [-0.39, 0.29) is 30.5 Å². The van der Waals surface area contributed by atoms with Gasteiger partial charge in [0.25, 0.3) is 0 Å². The number of hydrazine groups is 1. The Morgan fingerprint density at radius 1 is 1.12 bits per heavy atom. The van der Waals surface area contributed by atoms with E-state index in [2.05, 4.69) is 10.6 Å². The Bertz CT molecular complexity index is 1070. The molecular formula is C29H43N5O7. The van der Waals surface area contributed by atoms with Crippen molar-refractivity contribution in [3.05, 3.63) is 29.8 Å². The number of anilines is 1. The molecule has 0 spiro atoms. The van der Waals surface area contributed by atoms with Crippen LogP contribution in [0, 0.1) is 23.7 Å². The van der Waals surface area contributed by atoms with Gasteiger partial charge in [-0.2, -0.15) is 0 Å². The van der Waals surface area contributed by atoms with E-state index in [1.165, 1.54) is 24.3 Å². The maximum Gasteiger partial charge on any atom is 0.411 e. The van der Waals surface area contributed by atoms with Crippen molar-refractivity contribution in [2.75, 3.05) is 44.6 Å². The first-order valence-electron chi connectivity index (χ1n) is 14.4. The van der Waals surface area contributed by atoms with Crippen LogP contribution < -0.4 is 16.5 Å². The molecule has 0 bridgehead atoms. The average molecular weight is 574 g/mol. The number of amides is 3. The van der Waals surface area contributed by atoms with Crippen LogP contribution in [0.1, 0.15) is 62.7 Å². The van der Waals surface area contributed by atoms with Crippen molar-refractivity contribution in [3.63, 3.8) is 0 Å². The largest absolute Gasteiger partial charge is 0.481 e. The van der Waals surface area contributed by atoms with Crippen LogP contribution in [0.4, 0.5) is 10.5 Å². The number of rotatable bonds is 12. The second-order valence-electron chi connectivity index (χ2n) is 11.4. The number of nitrogens with two attached hydrogens (primary N) is 1. The van der Waals surface area contributed by atoms with Crippen molar-refractivity contribution >= 4 is 35.3 Å². The van der Waals surface area contributed by atoms with Crippen LogP contribution in [0.5, 0.6) is 0 Å². The molecule has 0 aliphatic carbocycles. The monoisotopic (exact) mass is 573 g/mol. The van der Waals surface area contributed by atoms with E-state index in [0.717, 1.165) is 37.4 Å². The van der Waals surface area contributed by atoms with Gasteiger partial charge >= 0.3 is 12.1 Å². The first kappa shape index (κ1) is 32.0. The average Bonchev–Trinajstić information content (AvgIpc) is 2.97. The Kier molecular flexibility index (Phi) is 12.1. The second-order valence-corrected chi connectivity index (χ2v) is 11.4. The number of hydrogen-bond donors (Lipinski definition) is 4. The summed E-state index contributed by atoms with van der Waals surface area (Å²) in [6.45, 7) is 6.33. The molecule has 2 fully saturated rings. The van der Waals surface area contributed by atoms with E-state index in [0.29, 0.717) is 37.4 Å². The molecule has 0 unspecified atom stereocenters. The van der Waals surface area contributed by atoms with Crippen molar-refractivity contribution in [1.82, 2.24) is 15.2 Å². The molecule has 0 saturated carbocycles. The molecule has 12 nitrogen and oxygen atoms in total. The number of carboxylic acid groups (broad SMARTS) is 1. The fraction of sp³-hybridized carbons (Fsp3) is 0.621. The smallest absolute Gasteiger partial charge is 0.411 e. The number of piperidine rings is 2. The molecular weight excluding hydrogens is 530 g/mol. The number of nitrogens with zero attached hydrogens (tertiary/aromatic N) is 2. The molecule has 2 saturated heterocycles. The fourth-order valence-electron chi connectivity index (χ4n) is 5.17. The SMILES string of the molecule is CC(C)COC(=O)Nc1ccc(C(=O)[C@H](CN(N)C(=O)[C@@H]2CCCN(C(=O)CCC3CCNCC3)C2)C(=O)O)cc1. The number of carbonyl (C=O) groups is 5. The Morgan fingerprint density at radius 2 is 1.80 bits per heavy atom. The number of hydrogen-bond acceptors (Lipinski definition) is 8. The molecule has 1 aromatic carbocycles. The number of ketones is 1. The van der Waals surface area contributed by atoms with Gasteiger partial charge in [-0.25, -0.2) is 10.6 Å². The molecule has 41 heavy (non-hydrogen) atoms. The third kappa shape index (κ3) is 9.82. The molecule has 1 aromatic rings. The summed E-state index contributed by atoms with van der Waals surface area (Å²) in [5, 5.41) is 16.4. The normalized spacial score (nSPS) is 18.4. The maximum absolute atomic E-state index is 13.1. The van der Waals surface area contributed by atoms with Crippen LogP contribution >= 0.6 is 0 Å². The zero-order valence-corrected chi connectivity index (χ0v) is 24.0. The van der Waals surface area contributed by atoms with Gasteiger partial charge < -0.3 is 20.1 Å². The summed E-state index contributed by atoms with van der Waals surface area (Å²) in [7, 11) is 0. The van der Waals surface area contributed by atoms with Crippen molar-refractivity contribution in [2.45, 2.75) is 52.4 Å². The summed E-state index contributed by atoms with van der Waals surface area (Å²) in [5.41, 5.74) is 0.479. The molecule has 0 radical (unpaired) electrons. The van der Waals surface area contributed by atoms with Gasteiger partial charge in [-0.15, -0.1) is 0 Å². The van der Waals surface area contributed by atoms with Crippen molar-refractivity contribution in [2.24, 2.45) is 29.5 Å². The Morgan fingerprint density at radius 3 is 2.44 bits per heavy atom. The molecule has 2 atom stereocenters. The molecule has 2 aliphatic rings. The van der Waals surface area contributed by atoms with Crippen LogP contribution in [0.25, 0.3) is 0 Å². The number of carboxylic acids is 1. The van der Waals surface area contributed by atoms with Crippen molar-refractivity contribution in [1.29, 1.82) is 0 Å². The van der Waals surface area contributed by atoms with E-state index in [1.807, 2.05) is 13.8 Å². The number of ether oxygens (including phenoxy) is 1. The molecule has 2 aliphatic heterocycles. The number of Topliss-reactive ketones (excluding diaryl/α,β-unsaturated/α-hetero) is 1. The molecule has 5 N–H and O–H groups in total. The highest BCUT2D eigenvalue weighted by atomic mass is 16.5. The standard InChI is InChI=1S/C29H43N5O7/c1-19(2)18-41-29(40)32-23-8-6-21(7-9-23)26(36)24(28(38)39)17-34(30)27(37)22-4-3-15-33(16-22)25(35)10-5-20-11-13-31-14-12-20/h6-9,19-20,22,24,31H,3-5,10-18,30H2,1-2H3,(H,32,40)(H,38,39)/t22-,24+/m1/s1. The minimum atomic E-state index is -1.58. The van der Waals surface area contributed by atoms with E-state index >= 15 is 0 Å². The first-order chi connectivity index (χ1) is 19.5. The van der Waals surface area contributed by atoms with E-state index in [9.17, 15) is 29.1 Å². The number of aliphatic carboxylic acids is 1. The Balaban J connectivity index is 1.54. The van der Waals surface area contributed by atoms with Gasteiger partial charge in [0, 0.05) is 30.8 Å². The van der Waals surface area contributed by atoms with Crippen LogP contribution in [-0.4, -0.2) is 84.0 Å². The van der Waals surface area contributed by atoms with Gasteiger partial charge in [0.1, 0.15) is 5.92 Å². The van der Waals surface area contributed by atoms with Crippen molar-refractivity contribution in [3.8, 4) is 0 Å². The van der Waals surface area contributed by atoms with Gasteiger partial charge in [0.15, 0.2) is 5.78 Å². The highest BCUT2D eigenvalue weighted by molar-refractivity contribution is 6.08. The molecule has 3 amide bonds. The molecule has 226 valence electrons. The number of likely N-dealkylation sites (tertiary alicyclic amines) is 1. The second kappa shape index (κ2) is 15.5. The van der Waals surface area contributed by atoms with E-state index < -0.39 is 42.1 Å². The molecule has 0 aromatic heterocycles. The van der Waals surface area contributed by atoms with Gasteiger partial charge in [0.2, 0.25) is 11.8 Å². The zero-order valence-electron chi connectivity index (χ0n) is 24.0. The minimum absolute atomic E-state index is 0.0225. The van der Waals surface area contributed by atoms with Crippen molar-refractivity contribution < 1.29 is 33.8 Å². The zero-order chi connectivity index (χ0) is 29.9. The lowest BCUT2D eigenvalue weighted by atomic mass is 9.92. The summed E-state index contributed by atoms with van der Waals surface area (Å²) >= 11 is 0. The first-order valence-corrected chi connectivity index (χ1v) is 14.4. The van der Waals surface area contributed by atoms with E-state index in [1.54, 1.807) is 4.90 Å². The predicted octanol–water partition coefficient (Wildman–Crippen LogP) is 2.50. The highest BCUT2D eigenvalue weighted by Gasteiger charge is 2.35. The summed E-state index contributed by atoms with van der Waals surface area (Å²) in [5.74, 6) is 2.00. The summed E-state index contributed by atoms with van der Waals surface area (Å²) in [4.78, 5) is 64.5. The summed E-state index contributed by atoms with van der Waals surface area (Å²) in [6.07, 6.45) is 3.95.